The Hall–Kier alpha value is -2.60. The molecule has 0 saturated heterocycles. The van der Waals surface area contributed by atoms with Gasteiger partial charge in [-0.15, -0.1) is 0 Å². The number of aromatic carboxylic acids is 1. The zero-order valence-corrected chi connectivity index (χ0v) is 16.3. The Morgan fingerprint density at radius 3 is 2.54 bits per heavy atom. The molecule has 3 aromatic carbocycles. The van der Waals surface area contributed by atoms with Gasteiger partial charge in [-0.05, 0) is 59.7 Å². The van der Waals surface area contributed by atoms with Crippen LogP contribution in [0.1, 0.15) is 28.9 Å². The highest BCUT2D eigenvalue weighted by atomic mass is 35.5. The summed E-state index contributed by atoms with van der Waals surface area (Å²) in [7, 11) is 0. The number of rotatable bonds is 8. The largest absolute Gasteiger partial charge is 0.478 e. The number of carbonyl (C=O) groups is 1. The smallest absolute Gasteiger partial charge is 0.335 e. The fourth-order valence-electron chi connectivity index (χ4n) is 2.98. The van der Waals surface area contributed by atoms with E-state index in [-0.39, 0.29) is 11.6 Å². The number of aliphatic hydroxyl groups is 1. The lowest BCUT2D eigenvalue weighted by atomic mass is 10.1. The first-order valence-corrected chi connectivity index (χ1v) is 9.48. The summed E-state index contributed by atoms with van der Waals surface area (Å²) in [4.78, 5) is 11.1. The van der Waals surface area contributed by atoms with Gasteiger partial charge < -0.3 is 20.8 Å². The van der Waals surface area contributed by atoms with Gasteiger partial charge in [0.15, 0.2) is 0 Å². The van der Waals surface area contributed by atoms with E-state index in [4.69, 9.17) is 16.7 Å². The fourth-order valence-corrected chi connectivity index (χ4v) is 3.18. The third kappa shape index (κ3) is 5.23. The van der Waals surface area contributed by atoms with Gasteiger partial charge >= 0.3 is 5.97 Å². The zero-order chi connectivity index (χ0) is 20.1. The standard InChI is InChI=1S/C22H23ClN2O3/c1-14(24-13-21(26)17-3-2-4-19(23)10-17)12-25-20-8-7-15-9-18(22(27)28)6-5-16(15)11-20/h2-11,14,21,24-26H,12-13H2,1H3,(H,27,28). The summed E-state index contributed by atoms with van der Waals surface area (Å²) in [5, 5.41) is 28.5. The molecule has 0 spiro atoms. The molecule has 0 bridgehead atoms. The number of benzene rings is 3. The predicted molar refractivity (Wildman–Crippen MR) is 113 cm³/mol. The SMILES string of the molecule is CC(CNc1ccc2cc(C(=O)O)ccc2c1)NCC(O)c1cccc(Cl)c1. The fraction of sp³-hybridized carbons (Fsp3) is 0.227. The second kappa shape index (κ2) is 9.06. The molecule has 0 aliphatic rings. The number of aliphatic hydroxyl groups excluding tert-OH is 1. The van der Waals surface area contributed by atoms with E-state index < -0.39 is 12.1 Å². The van der Waals surface area contributed by atoms with Crippen molar-refractivity contribution in [2.45, 2.75) is 19.1 Å². The summed E-state index contributed by atoms with van der Waals surface area (Å²) < 4.78 is 0. The summed E-state index contributed by atoms with van der Waals surface area (Å²) in [6, 6.07) is 18.3. The maximum Gasteiger partial charge on any atom is 0.335 e. The van der Waals surface area contributed by atoms with Crippen molar-refractivity contribution in [1.82, 2.24) is 5.32 Å². The molecule has 3 rings (SSSR count). The third-order valence-electron chi connectivity index (χ3n) is 4.59. The van der Waals surface area contributed by atoms with Crippen LogP contribution in [0, 0.1) is 0 Å². The van der Waals surface area contributed by atoms with E-state index in [2.05, 4.69) is 10.6 Å². The summed E-state index contributed by atoms with van der Waals surface area (Å²) in [6.07, 6.45) is -0.620. The maximum absolute atomic E-state index is 11.1. The molecule has 28 heavy (non-hydrogen) atoms. The minimum Gasteiger partial charge on any atom is -0.478 e. The first kappa shape index (κ1) is 20.1. The van der Waals surface area contributed by atoms with Crippen molar-refractivity contribution in [3.8, 4) is 0 Å². The molecule has 0 aromatic heterocycles. The molecule has 0 saturated carbocycles. The van der Waals surface area contributed by atoms with Crippen LogP contribution in [-0.4, -0.2) is 35.3 Å². The van der Waals surface area contributed by atoms with Crippen LogP contribution in [0.2, 0.25) is 5.02 Å². The van der Waals surface area contributed by atoms with E-state index in [1.165, 1.54) is 0 Å². The molecule has 0 aliphatic carbocycles. The van der Waals surface area contributed by atoms with E-state index in [0.717, 1.165) is 22.0 Å². The van der Waals surface area contributed by atoms with Crippen LogP contribution >= 0.6 is 11.6 Å². The van der Waals surface area contributed by atoms with Crippen LogP contribution in [-0.2, 0) is 0 Å². The highest BCUT2D eigenvalue weighted by Gasteiger charge is 2.10. The Kier molecular flexibility index (Phi) is 6.52. The average Bonchev–Trinajstić information content (AvgIpc) is 2.69. The highest BCUT2D eigenvalue weighted by molar-refractivity contribution is 6.30. The van der Waals surface area contributed by atoms with E-state index in [1.54, 1.807) is 24.3 Å². The van der Waals surface area contributed by atoms with Crippen molar-refractivity contribution in [2.24, 2.45) is 0 Å². The number of hydrogen-bond donors (Lipinski definition) is 4. The monoisotopic (exact) mass is 398 g/mol. The Morgan fingerprint density at radius 1 is 1.04 bits per heavy atom. The lowest BCUT2D eigenvalue weighted by molar-refractivity contribution is 0.0697. The molecule has 2 unspecified atom stereocenters. The number of halogens is 1. The molecular formula is C22H23ClN2O3. The highest BCUT2D eigenvalue weighted by Crippen LogP contribution is 2.21. The van der Waals surface area contributed by atoms with Gasteiger partial charge in [0.1, 0.15) is 0 Å². The van der Waals surface area contributed by atoms with E-state index in [0.29, 0.717) is 18.1 Å². The Morgan fingerprint density at radius 2 is 1.79 bits per heavy atom. The lowest BCUT2D eigenvalue weighted by Crippen LogP contribution is -2.35. The molecule has 0 amide bonds. The summed E-state index contributed by atoms with van der Waals surface area (Å²) in [5.41, 5.74) is 2.03. The van der Waals surface area contributed by atoms with Crippen molar-refractivity contribution in [2.75, 3.05) is 18.4 Å². The van der Waals surface area contributed by atoms with Crippen LogP contribution < -0.4 is 10.6 Å². The Bertz CT molecular complexity index is 977. The zero-order valence-electron chi connectivity index (χ0n) is 15.5. The molecule has 0 radical (unpaired) electrons. The average molecular weight is 399 g/mol. The second-order valence-corrected chi connectivity index (χ2v) is 7.28. The number of carboxylic acid groups (broad SMARTS) is 1. The topological polar surface area (TPSA) is 81.6 Å². The number of anilines is 1. The van der Waals surface area contributed by atoms with Crippen LogP contribution in [0.4, 0.5) is 5.69 Å². The van der Waals surface area contributed by atoms with E-state index in [9.17, 15) is 9.90 Å². The van der Waals surface area contributed by atoms with Gasteiger partial charge in [-0.3, -0.25) is 0 Å². The van der Waals surface area contributed by atoms with Gasteiger partial charge in [0.2, 0.25) is 0 Å². The molecule has 2 atom stereocenters. The number of hydrogen-bond acceptors (Lipinski definition) is 4. The van der Waals surface area contributed by atoms with Gasteiger partial charge in [-0.1, -0.05) is 35.9 Å². The summed E-state index contributed by atoms with van der Waals surface area (Å²) in [6.45, 7) is 3.15. The minimum atomic E-state index is -0.927. The van der Waals surface area contributed by atoms with Crippen LogP contribution in [0.15, 0.2) is 60.7 Å². The second-order valence-electron chi connectivity index (χ2n) is 6.84. The minimum absolute atomic E-state index is 0.138. The van der Waals surface area contributed by atoms with Crippen molar-refractivity contribution in [1.29, 1.82) is 0 Å². The van der Waals surface area contributed by atoms with Gasteiger partial charge in [-0.2, -0.15) is 0 Å². The van der Waals surface area contributed by atoms with Gasteiger partial charge in [0, 0.05) is 29.8 Å². The molecule has 3 aromatic rings. The van der Waals surface area contributed by atoms with Crippen LogP contribution in [0.25, 0.3) is 10.8 Å². The van der Waals surface area contributed by atoms with Gasteiger partial charge in [-0.25, -0.2) is 4.79 Å². The Balaban J connectivity index is 1.53. The number of carboxylic acids is 1. The molecular weight excluding hydrogens is 376 g/mol. The molecule has 5 nitrogen and oxygen atoms in total. The maximum atomic E-state index is 11.1. The predicted octanol–water partition coefficient (Wildman–Crippen LogP) is 4.32. The first-order chi connectivity index (χ1) is 13.4. The van der Waals surface area contributed by atoms with Crippen molar-refractivity contribution in [3.63, 3.8) is 0 Å². The van der Waals surface area contributed by atoms with Gasteiger partial charge in [0.25, 0.3) is 0 Å². The molecule has 4 N–H and O–H groups in total. The molecule has 0 fully saturated rings. The first-order valence-electron chi connectivity index (χ1n) is 9.10. The number of fused-ring (bicyclic) bond motifs is 1. The number of nitrogens with one attached hydrogen (secondary N) is 2. The molecule has 0 heterocycles. The van der Waals surface area contributed by atoms with Crippen molar-refractivity contribution >= 4 is 34.0 Å². The lowest BCUT2D eigenvalue weighted by Gasteiger charge is -2.19. The quantitative estimate of drug-likeness (QED) is 0.454. The van der Waals surface area contributed by atoms with Crippen LogP contribution in [0.3, 0.4) is 0 Å². The molecule has 6 heteroatoms. The Labute approximate surface area is 169 Å². The third-order valence-corrected chi connectivity index (χ3v) is 4.83. The summed E-state index contributed by atoms with van der Waals surface area (Å²) in [5.74, 6) is -0.927. The van der Waals surface area contributed by atoms with Crippen LogP contribution in [0.5, 0.6) is 0 Å². The van der Waals surface area contributed by atoms with Gasteiger partial charge in [0.05, 0.1) is 11.7 Å². The van der Waals surface area contributed by atoms with Crippen molar-refractivity contribution in [3.05, 3.63) is 76.8 Å². The summed E-state index contributed by atoms with van der Waals surface area (Å²) >= 11 is 5.96. The molecule has 0 aliphatic heterocycles. The van der Waals surface area contributed by atoms with E-state index >= 15 is 0 Å². The van der Waals surface area contributed by atoms with Crippen molar-refractivity contribution < 1.29 is 15.0 Å². The molecule has 146 valence electrons. The van der Waals surface area contributed by atoms with E-state index in [1.807, 2.05) is 43.3 Å². The normalized spacial score (nSPS) is 13.2.